The third-order valence-electron chi connectivity index (χ3n) is 3.26. The van der Waals surface area contributed by atoms with E-state index >= 15 is 0 Å². The Bertz CT molecular complexity index is 561. The molecule has 21 heavy (non-hydrogen) atoms. The van der Waals surface area contributed by atoms with Crippen LogP contribution >= 0.6 is 0 Å². The Morgan fingerprint density at radius 1 is 1.14 bits per heavy atom. The third-order valence-corrected chi connectivity index (χ3v) is 3.26. The molecule has 2 aromatic rings. The van der Waals surface area contributed by atoms with Crippen molar-refractivity contribution < 1.29 is 9.21 Å². The van der Waals surface area contributed by atoms with Gasteiger partial charge in [-0.3, -0.25) is 4.79 Å². The Morgan fingerprint density at radius 2 is 1.90 bits per heavy atom. The first kappa shape index (κ1) is 15.3. The molecule has 1 aromatic carbocycles. The number of carbonyl (C=O) groups excluding carboxylic acids is 1. The van der Waals surface area contributed by atoms with Crippen LogP contribution in [0.3, 0.4) is 0 Å². The summed E-state index contributed by atoms with van der Waals surface area (Å²) in [7, 11) is 3.56. The van der Waals surface area contributed by atoms with E-state index in [1.54, 1.807) is 19.0 Å². The summed E-state index contributed by atoms with van der Waals surface area (Å²) in [5.41, 5.74) is 1.08. The van der Waals surface area contributed by atoms with Gasteiger partial charge in [0.2, 0.25) is 5.91 Å². The molecule has 0 unspecified atom stereocenters. The molecule has 0 aliphatic heterocycles. The number of benzene rings is 1. The van der Waals surface area contributed by atoms with E-state index in [2.05, 4.69) is 5.32 Å². The highest BCUT2D eigenvalue weighted by Gasteiger charge is 2.05. The van der Waals surface area contributed by atoms with Crippen LogP contribution in [0, 0.1) is 0 Å². The predicted molar refractivity (Wildman–Crippen MR) is 83.8 cm³/mol. The summed E-state index contributed by atoms with van der Waals surface area (Å²) in [6.07, 6.45) is 1.41. The van der Waals surface area contributed by atoms with Crippen molar-refractivity contribution in [3.8, 4) is 11.3 Å². The number of hydrogen-bond acceptors (Lipinski definition) is 3. The van der Waals surface area contributed by atoms with E-state index in [1.807, 2.05) is 42.5 Å². The fourth-order valence-corrected chi connectivity index (χ4v) is 2.03. The Balaban J connectivity index is 1.73. The molecule has 1 amide bonds. The first-order valence-corrected chi connectivity index (χ1v) is 7.22. The van der Waals surface area contributed by atoms with Gasteiger partial charge in [0.15, 0.2) is 0 Å². The topological polar surface area (TPSA) is 45.5 Å². The fourth-order valence-electron chi connectivity index (χ4n) is 2.03. The average molecular weight is 286 g/mol. The van der Waals surface area contributed by atoms with E-state index in [9.17, 15) is 4.79 Å². The molecule has 4 heteroatoms. The van der Waals surface area contributed by atoms with Crippen LogP contribution in [0.2, 0.25) is 0 Å². The standard InChI is InChI=1S/C17H22N2O2/c1-19(2)17(20)9-6-12-18-13-15-10-11-16(21-15)14-7-4-3-5-8-14/h3-5,7-8,10-11,18H,6,9,12-13H2,1-2H3. The Hall–Kier alpha value is -2.07. The van der Waals surface area contributed by atoms with Gasteiger partial charge in [-0.05, 0) is 25.1 Å². The molecule has 4 nitrogen and oxygen atoms in total. The highest BCUT2D eigenvalue weighted by molar-refractivity contribution is 5.75. The zero-order valence-corrected chi connectivity index (χ0v) is 12.6. The lowest BCUT2D eigenvalue weighted by molar-refractivity contribution is -0.128. The van der Waals surface area contributed by atoms with Gasteiger partial charge < -0.3 is 14.6 Å². The number of hydrogen-bond donors (Lipinski definition) is 1. The summed E-state index contributed by atoms with van der Waals surface area (Å²) < 4.78 is 5.80. The molecule has 0 saturated heterocycles. The van der Waals surface area contributed by atoms with Crippen LogP contribution in [-0.2, 0) is 11.3 Å². The van der Waals surface area contributed by atoms with E-state index < -0.39 is 0 Å². The van der Waals surface area contributed by atoms with Crippen molar-refractivity contribution in [1.82, 2.24) is 10.2 Å². The second kappa shape index (κ2) is 7.64. The number of rotatable bonds is 7. The second-order valence-corrected chi connectivity index (χ2v) is 5.20. The van der Waals surface area contributed by atoms with Crippen molar-refractivity contribution in [2.45, 2.75) is 19.4 Å². The van der Waals surface area contributed by atoms with Gasteiger partial charge in [-0.1, -0.05) is 30.3 Å². The molecular weight excluding hydrogens is 264 g/mol. The number of amides is 1. The lowest BCUT2D eigenvalue weighted by Gasteiger charge is -2.09. The summed E-state index contributed by atoms with van der Waals surface area (Å²) in [6, 6.07) is 14.0. The minimum Gasteiger partial charge on any atom is -0.460 e. The van der Waals surface area contributed by atoms with E-state index in [1.165, 1.54) is 0 Å². The van der Waals surface area contributed by atoms with Gasteiger partial charge in [0, 0.05) is 26.1 Å². The van der Waals surface area contributed by atoms with Crippen LogP contribution in [0.4, 0.5) is 0 Å². The molecule has 0 spiro atoms. The maximum absolute atomic E-state index is 11.4. The fraction of sp³-hybridized carbons (Fsp3) is 0.353. The molecule has 1 aromatic heterocycles. The smallest absolute Gasteiger partial charge is 0.222 e. The Labute approximate surface area is 125 Å². The molecule has 0 aliphatic carbocycles. The molecule has 0 atom stereocenters. The summed E-state index contributed by atoms with van der Waals surface area (Å²) in [5.74, 6) is 1.96. The summed E-state index contributed by atoms with van der Waals surface area (Å²) in [4.78, 5) is 13.0. The quantitative estimate of drug-likeness (QED) is 0.796. The van der Waals surface area contributed by atoms with Crippen molar-refractivity contribution in [2.75, 3.05) is 20.6 Å². The second-order valence-electron chi connectivity index (χ2n) is 5.20. The van der Waals surface area contributed by atoms with E-state index in [0.29, 0.717) is 13.0 Å². The first-order chi connectivity index (χ1) is 10.2. The first-order valence-electron chi connectivity index (χ1n) is 7.22. The van der Waals surface area contributed by atoms with E-state index in [0.717, 1.165) is 30.0 Å². The molecule has 0 bridgehead atoms. The Morgan fingerprint density at radius 3 is 2.62 bits per heavy atom. The zero-order chi connectivity index (χ0) is 15.1. The average Bonchev–Trinajstić information content (AvgIpc) is 2.96. The van der Waals surface area contributed by atoms with E-state index in [4.69, 9.17) is 4.42 Å². The normalized spacial score (nSPS) is 10.6. The zero-order valence-electron chi connectivity index (χ0n) is 12.6. The molecule has 0 fully saturated rings. The third kappa shape index (κ3) is 4.76. The molecule has 112 valence electrons. The van der Waals surface area contributed by atoms with Crippen LogP contribution in [0.15, 0.2) is 46.9 Å². The molecule has 1 heterocycles. The number of furan rings is 1. The van der Waals surface area contributed by atoms with Gasteiger partial charge in [-0.15, -0.1) is 0 Å². The largest absolute Gasteiger partial charge is 0.460 e. The molecule has 0 saturated carbocycles. The van der Waals surface area contributed by atoms with Gasteiger partial charge in [0.1, 0.15) is 11.5 Å². The number of nitrogens with zero attached hydrogens (tertiary/aromatic N) is 1. The van der Waals surface area contributed by atoms with Crippen molar-refractivity contribution in [1.29, 1.82) is 0 Å². The van der Waals surface area contributed by atoms with Gasteiger partial charge >= 0.3 is 0 Å². The molecule has 2 rings (SSSR count). The maximum atomic E-state index is 11.4. The van der Waals surface area contributed by atoms with Gasteiger partial charge in [0.25, 0.3) is 0 Å². The van der Waals surface area contributed by atoms with Crippen molar-refractivity contribution in [3.05, 3.63) is 48.2 Å². The summed E-state index contributed by atoms with van der Waals surface area (Å²) in [5, 5.41) is 3.30. The van der Waals surface area contributed by atoms with Crippen LogP contribution in [0.1, 0.15) is 18.6 Å². The van der Waals surface area contributed by atoms with Crippen LogP contribution in [0.25, 0.3) is 11.3 Å². The minimum absolute atomic E-state index is 0.168. The molecular formula is C17H22N2O2. The molecule has 0 aliphatic rings. The number of nitrogens with one attached hydrogen (secondary N) is 1. The van der Waals surface area contributed by atoms with Gasteiger partial charge in [-0.2, -0.15) is 0 Å². The lowest BCUT2D eigenvalue weighted by atomic mass is 10.2. The van der Waals surface area contributed by atoms with Gasteiger partial charge in [-0.25, -0.2) is 0 Å². The SMILES string of the molecule is CN(C)C(=O)CCCNCc1ccc(-c2ccccc2)o1. The van der Waals surface area contributed by atoms with Crippen LogP contribution in [-0.4, -0.2) is 31.4 Å². The van der Waals surface area contributed by atoms with Crippen LogP contribution in [0.5, 0.6) is 0 Å². The summed E-state index contributed by atoms with van der Waals surface area (Å²) in [6.45, 7) is 1.49. The molecule has 0 radical (unpaired) electrons. The minimum atomic E-state index is 0.168. The molecule has 1 N–H and O–H groups in total. The maximum Gasteiger partial charge on any atom is 0.222 e. The van der Waals surface area contributed by atoms with Gasteiger partial charge in [0.05, 0.1) is 6.54 Å². The number of carbonyl (C=O) groups is 1. The van der Waals surface area contributed by atoms with Crippen molar-refractivity contribution in [2.24, 2.45) is 0 Å². The van der Waals surface area contributed by atoms with Crippen molar-refractivity contribution in [3.63, 3.8) is 0 Å². The van der Waals surface area contributed by atoms with Crippen molar-refractivity contribution >= 4 is 5.91 Å². The highest BCUT2D eigenvalue weighted by atomic mass is 16.3. The summed E-state index contributed by atoms with van der Waals surface area (Å²) >= 11 is 0. The monoisotopic (exact) mass is 286 g/mol. The highest BCUT2D eigenvalue weighted by Crippen LogP contribution is 2.21. The van der Waals surface area contributed by atoms with Crippen LogP contribution < -0.4 is 5.32 Å². The predicted octanol–water partition coefficient (Wildman–Crippen LogP) is 2.90. The van der Waals surface area contributed by atoms with E-state index in [-0.39, 0.29) is 5.91 Å². The Kier molecular flexibility index (Phi) is 5.58. The lowest BCUT2D eigenvalue weighted by Crippen LogP contribution is -2.23.